The third kappa shape index (κ3) is 6.36. The van der Waals surface area contributed by atoms with E-state index in [1.165, 1.54) is 7.11 Å². The number of nitrogens with one attached hydrogen (secondary N) is 1. The Bertz CT molecular complexity index is 2110. The minimum Gasteiger partial charge on any atom is -0.468 e. The highest BCUT2D eigenvalue weighted by Gasteiger charge is 2.37. The maximum absolute atomic E-state index is 13.0. The van der Waals surface area contributed by atoms with Crippen LogP contribution in [-0.2, 0) is 42.2 Å². The van der Waals surface area contributed by atoms with Gasteiger partial charge >= 0.3 is 5.97 Å². The summed E-state index contributed by atoms with van der Waals surface area (Å²) in [7, 11) is 4.96. The normalized spacial score (nSPS) is 13.3. The van der Waals surface area contributed by atoms with Gasteiger partial charge in [-0.2, -0.15) is 0 Å². The first kappa shape index (κ1) is 31.9. The van der Waals surface area contributed by atoms with Crippen molar-refractivity contribution in [2.24, 2.45) is 14.1 Å². The van der Waals surface area contributed by atoms with Crippen LogP contribution in [-0.4, -0.2) is 38.3 Å². The number of hydrogen-bond donors (Lipinski definition) is 2. The van der Waals surface area contributed by atoms with Crippen molar-refractivity contribution in [3.8, 4) is 11.1 Å². The second-order valence-electron chi connectivity index (χ2n) is 11.6. The van der Waals surface area contributed by atoms with Gasteiger partial charge in [0, 0.05) is 37.1 Å². The van der Waals surface area contributed by atoms with Crippen molar-refractivity contribution in [2.45, 2.75) is 24.6 Å². The minimum atomic E-state index is -1.59. The van der Waals surface area contributed by atoms with Crippen LogP contribution < -0.4 is 10.9 Å². The van der Waals surface area contributed by atoms with Gasteiger partial charge in [0.25, 0.3) is 5.56 Å². The van der Waals surface area contributed by atoms with Gasteiger partial charge in [0.1, 0.15) is 6.04 Å². The number of aryl methyl sites for hydroxylation is 2. The summed E-state index contributed by atoms with van der Waals surface area (Å²) in [4.78, 5) is 29.8. The highest BCUT2D eigenvalue weighted by molar-refractivity contribution is 6.30. The molecule has 2 unspecified atom stereocenters. The molecule has 6 aromatic rings. The summed E-state index contributed by atoms with van der Waals surface area (Å²) in [6.07, 6.45) is 3.81. The number of methoxy groups -OCH3 is 1. The quantitative estimate of drug-likeness (QED) is 0.184. The standard InChI is InChI=1S/C38H35ClN4O4/c1-42-24-40-23-35(42)38(46,28-14-12-26(13-15-28)22-41-33(37(45)47-3)18-25-8-5-4-6-9-25)29-16-17-34-32(20-29)31(21-36(44)43(34)2)27-10-7-11-30(39)19-27/h4-17,19-21,23-24,33,41,46H,18,22H2,1-3H3. The molecule has 0 bridgehead atoms. The molecule has 0 amide bonds. The van der Waals surface area contributed by atoms with Crippen molar-refractivity contribution in [3.63, 3.8) is 0 Å². The summed E-state index contributed by atoms with van der Waals surface area (Å²) < 4.78 is 8.45. The lowest BCUT2D eigenvalue weighted by Gasteiger charge is -2.30. The number of carbonyl (C=O) groups is 1. The summed E-state index contributed by atoms with van der Waals surface area (Å²) in [5, 5.41) is 17.4. The Morgan fingerprint density at radius 1 is 0.936 bits per heavy atom. The molecule has 0 fully saturated rings. The Hall–Kier alpha value is -5.02. The van der Waals surface area contributed by atoms with Crippen LogP contribution in [0.4, 0.5) is 0 Å². The zero-order valence-electron chi connectivity index (χ0n) is 26.4. The van der Waals surface area contributed by atoms with E-state index >= 15 is 0 Å². The molecule has 0 spiro atoms. The Morgan fingerprint density at radius 2 is 1.68 bits per heavy atom. The van der Waals surface area contributed by atoms with E-state index in [9.17, 15) is 14.7 Å². The number of esters is 1. The predicted molar refractivity (Wildman–Crippen MR) is 184 cm³/mol. The van der Waals surface area contributed by atoms with Crippen LogP contribution in [0.25, 0.3) is 22.0 Å². The van der Waals surface area contributed by atoms with Gasteiger partial charge in [-0.3, -0.25) is 9.59 Å². The van der Waals surface area contributed by atoms with Gasteiger partial charge in [0.2, 0.25) is 0 Å². The van der Waals surface area contributed by atoms with Crippen molar-refractivity contribution in [3.05, 3.63) is 159 Å². The van der Waals surface area contributed by atoms with E-state index in [-0.39, 0.29) is 11.5 Å². The molecule has 4 aromatic carbocycles. The molecule has 0 aliphatic carbocycles. The molecule has 238 valence electrons. The SMILES string of the molecule is COC(=O)C(Cc1ccccc1)NCc1ccc(C(O)(c2ccc3c(c2)c(-c2cccc(Cl)c2)cc(=O)n3C)c2cncn2C)cc1. The molecule has 0 radical (unpaired) electrons. The number of aromatic nitrogens is 3. The number of ether oxygens (including phenoxy) is 1. The summed E-state index contributed by atoms with van der Waals surface area (Å²) in [6.45, 7) is 0.421. The molecule has 2 N–H and O–H groups in total. The number of imidazole rings is 1. The molecule has 2 aromatic heterocycles. The zero-order valence-corrected chi connectivity index (χ0v) is 27.1. The van der Waals surface area contributed by atoms with Crippen LogP contribution in [0.1, 0.15) is 27.9 Å². The Balaban J connectivity index is 1.38. The van der Waals surface area contributed by atoms with Crippen molar-refractivity contribution < 1.29 is 14.6 Å². The first-order valence-corrected chi connectivity index (χ1v) is 15.6. The number of fused-ring (bicyclic) bond motifs is 1. The molecule has 47 heavy (non-hydrogen) atoms. The fourth-order valence-corrected chi connectivity index (χ4v) is 6.28. The number of rotatable bonds is 10. The number of hydrogen-bond acceptors (Lipinski definition) is 6. The summed E-state index contributed by atoms with van der Waals surface area (Å²) in [6, 6.07) is 31.5. The van der Waals surface area contributed by atoms with Gasteiger partial charge in [0.15, 0.2) is 5.60 Å². The third-order valence-corrected chi connectivity index (χ3v) is 8.91. The lowest BCUT2D eigenvalue weighted by atomic mass is 9.82. The average molecular weight is 647 g/mol. The number of benzene rings is 4. The highest BCUT2D eigenvalue weighted by atomic mass is 35.5. The molecule has 9 heteroatoms. The molecular weight excluding hydrogens is 612 g/mol. The summed E-state index contributed by atoms with van der Waals surface area (Å²) in [5.41, 5.74) is 4.28. The Morgan fingerprint density at radius 3 is 2.36 bits per heavy atom. The third-order valence-electron chi connectivity index (χ3n) is 8.68. The molecule has 2 heterocycles. The van der Waals surface area contributed by atoms with E-state index in [2.05, 4.69) is 10.3 Å². The fraction of sp³-hybridized carbons (Fsp3) is 0.184. The summed E-state index contributed by atoms with van der Waals surface area (Å²) >= 11 is 6.34. The maximum atomic E-state index is 13.0. The predicted octanol–water partition coefficient (Wildman–Crippen LogP) is 5.75. The van der Waals surface area contributed by atoms with Crippen LogP contribution in [0.2, 0.25) is 5.02 Å². The van der Waals surface area contributed by atoms with Gasteiger partial charge in [0.05, 0.1) is 30.8 Å². The van der Waals surface area contributed by atoms with E-state index in [0.717, 1.165) is 33.2 Å². The number of aliphatic hydroxyl groups is 1. The van der Waals surface area contributed by atoms with E-state index in [4.69, 9.17) is 16.3 Å². The first-order chi connectivity index (χ1) is 22.7. The number of pyridine rings is 1. The van der Waals surface area contributed by atoms with E-state index in [1.807, 2.05) is 98.0 Å². The average Bonchev–Trinajstić information content (AvgIpc) is 3.54. The van der Waals surface area contributed by atoms with Crippen molar-refractivity contribution >= 4 is 28.5 Å². The van der Waals surface area contributed by atoms with E-state index < -0.39 is 11.6 Å². The fourth-order valence-electron chi connectivity index (χ4n) is 6.08. The molecule has 0 aliphatic rings. The van der Waals surface area contributed by atoms with Crippen LogP contribution in [0.5, 0.6) is 0 Å². The van der Waals surface area contributed by atoms with Crippen LogP contribution in [0.15, 0.2) is 120 Å². The molecule has 0 saturated heterocycles. The van der Waals surface area contributed by atoms with Crippen LogP contribution >= 0.6 is 11.6 Å². The molecule has 8 nitrogen and oxygen atoms in total. The van der Waals surface area contributed by atoms with Gasteiger partial charge in [-0.1, -0.05) is 84.4 Å². The number of nitrogens with zero attached hydrogens (tertiary/aromatic N) is 3. The van der Waals surface area contributed by atoms with Gasteiger partial charge in [-0.05, 0) is 64.1 Å². The monoisotopic (exact) mass is 646 g/mol. The highest BCUT2D eigenvalue weighted by Crippen LogP contribution is 2.39. The van der Waals surface area contributed by atoms with Gasteiger partial charge < -0.3 is 24.3 Å². The first-order valence-electron chi connectivity index (χ1n) is 15.2. The molecular formula is C38H35ClN4O4. The molecule has 6 rings (SSSR count). The van der Waals surface area contributed by atoms with Gasteiger partial charge in [-0.15, -0.1) is 0 Å². The van der Waals surface area contributed by atoms with Gasteiger partial charge in [-0.25, -0.2) is 4.98 Å². The van der Waals surface area contributed by atoms with Crippen LogP contribution in [0, 0.1) is 0 Å². The largest absolute Gasteiger partial charge is 0.468 e. The second-order valence-corrected chi connectivity index (χ2v) is 12.1. The van der Waals surface area contributed by atoms with Crippen molar-refractivity contribution in [1.29, 1.82) is 0 Å². The minimum absolute atomic E-state index is 0.149. The van der Waals surface area contributed by atoms with E-state index in [0.29, 0.717) is 34.8 Å². The van der Waals surface area contributed by atoms with Crippen molar-refractivity contribution in [2.75, 3.05) is 7.11 Å². The maximum Gasteiger partial charge on any atom is 0.323 e. The lowest BCUT2D eigenvalue weighted by Crippen LogP contribution is -2.39. The smallest absolute Gasteiger partial charge is 0.323 e. The second kappa shape index (κ2) is 13.4. The Kier molecular flexibility index (Phi) is 9.09. The topological polar surface area (TPSA) is 98.4 Å². The van der Waals surface area contributed by atoms with E-state index in [1.54, 1.807) is 40.8 Å². The molecule has 0 aliphatic heterocycles. The summed E-state index contributed by atoms with van der Waals surface area (Å²) in [5.74, 6) is -0.331. The number of halogens is 1. The number of carbonyl (C=O) groups excluding carboxylic acids is 1. The van der Waals surface area contributed by atoms with Crippen molar-refractivity contribution in [1.82, 2.24) is 19.4 Å². The Labute approximate surface area is 277 Å². The lowest BCUT2D eigenvalue weighted by molar-refractivity contribution is -0.143. The molecule has 2 atom stereocenters. The molecule has 0 saturated carbocycles. The zero-order chi connectivity index (χ0) is 33.1. The van der Waals surface area contributed by atoms with Crippen LogP contribution in [0.3, 0.4) is 0 Å².